The van der Waals surface area contributed by atoms with Gasteiger partial charge in [-0.15, -0.1) is 0 Å². The van der Waals surface area contributed by atoms with E-state index >= 15 is 0 Å². The third kappa shape index (κ3) is 3.36. The number of hydrogen-bond acceptors (Lipinski definition) is 3. The number of halogens is 3. The predicted molar refractivity (Wildman–Crippen MR) is 63.5 cm³/mol. The zero-order valence-electron chi connectivity index (χ0n) is 10.3. The molecular formula is C12H14F3N3O. The molecule has 0 saturated carbocycles. The smallest absolute Gasteiger partial charge is 0.365 e. The Morgan fingerprint density at radius 1 is 1.42 bits per heavy atom. The van der Waals surface area contributed by atoms with Gasteiger partial charge in [0.05, 0.1) is 0 Å². The Bertz CT molecular complexity index is 476. The van der Waals surface area contributed by atoms with Crippen molar-refractivity contribution in [2.45, 2.75) is 38.0 Å². The Morgan fingerprint density at radius 3 is 2.79 bits per heavy atom. The van der Waals surface area contributed by atoms with Crippen LogP contribution in [-0.4, -0.2) is 23.0 Å². The molecular weight excluding hydrogens is 259 g/mol. The van der Waals surface area contributed by atoms with Gasteiger partial charge in [0.25, 0.3) is 0 Å². The fraction of sp³-hybridized carbons (Fsp3) is 0.500. The van der Waals surface area contributed by atoms with Crippen LogP contribution >= 0.6 is 0 Å². The standard InChI is InChI=1S/C12H14F3N3O/c1-7-8(5-6-11(19)16-7)17-10-4-2-3-9(18-10)12(13,14)15/h2-4,7-8H,5-6H2,1H3,(H,16,19)(H,17,18). The monoisotopic (exact) mass is 273 g/mol. The molecule has 1 aromatic rings. The summed E-state index contributed by atoms with van der Waals surface area (Å²) in [5.74, 6) is 0.130. The number of amides is 1. The van der Waals surface area contributed by atoms with Gasteiger partial charge in [-0.1, -0.05) is 6.07 Å². The van der Waals surface area contributed by atoms with Gasteiger partial charge < -0.3 is 10.6 Å². The predicted octanol–water partition coefficient (Wildman–Crippen LogP) is 2.18. The van der Waals surface area contributed by atoms with Crippen LogP contribution in [0.4, 0.5) is 19.0 Å². The maximum absolute atomic E-state index is 12.5. The first kappa shape index (κ1) is 13.6. The van der Waals surface area contributed by atoms with Crippen LogP contribution in [0.1, 0.15) is 25.5 Å². The molecule has 7 heteroatoms. The van der Waals surface area contributed by atoms with Crippen molar-refractivity contribution in [1.29, 1.82) is 0 Å². The van der Waals surface area contributed by atoms with Crippen LogP contribution in [0.5, 0.6) is 0 Å². The van der Waals surface area contributed by atoms with E-state index in [1.165, 1.54) is 12.1 Å². The number of nitrogens with one attached hydrogen (secondary N) is 2. The van der Waals surface area contributed by atoms with E-state index < -0.39 is 11.9 Å². The molecule has 2 unspecified atom stereocenters. The summed E-state index contributed by atoms with van der Waals surface area (Å²) in [6.45, 7) is 1.81. The van der Waals surface area contributed by atoms with Crippen molar-refractivity contribution < 1.29 is 18.0 Å². The zero-order chi connectivity index (χ0) is 14.0. The van der Waals surface area contributed by atoms with E-state index in [2.05, 4.69) is 15.6 Å². The van der Waals surface area contributed by atoms with Crippen molar-refractivity contribution in [2.24, 2.45) is 0 Å². The van der Waals surface area contributed by atoms with Gasteiger partial charge in [-0.3, -0.25) is 4.79 Å². The summed E-state index contributed by atoms with van der Waals surface area (Å²) in [4.78, 5) is 14.7. The lowest BCUT2D eigenvalue weighted by atomic mass is 9.99. The molecule has 2 N–H and O–H groups in total. The maximum Gasteiger partial charge on any atom is 0.433 e. The molecule has 1 saturated heterocycles. The summed E-state index contributed by atoms with van der Waals surface area (Å²) in [7, 11) is 0. The SMILES string of the molecule is CC1NC(=O)CCC1Nc1cccc(C(F)(F)F)n1. The van der Waals surface area contributed by atoms with Crippen molar-refractivity contribution in [2.75, 3.05) is 5.32 Å². The Hall–Kier alpha value is -1.79. The normalized spacial score (nSPS) is 23.9. The second kappa shape index (κ2) is 5.07. The summed E-state index contributed by atoms with van der Waals surface area (Å²) < 4.78 is 37.6. The number of nitrogens with zero attached hydrogens (tertiary/aromatic N) is 1. The molecule has 104 valence electrons. The Labute approximate surface area is 108 Å². The van der Waals surface area contributed by atoms with Crippen LogP contribution in [0, 0.1) is 0 Å². The fourth-order valence-electron chi connectivity index (χ4n) is 2.02. The van der Waals surface area contributed by atoms with Crippen LogP contribution < -0.4 is 10.6 Å². The second-order valence-electron chi connectivity index (χ2n) is 4.55. The average molecular weight is 273 g/mol. The van der Waals surface area contributed by atoms with E-state index in [9.17, 15) is 18.0 Å². The number of piperidine rings is 1. The number of aromatic nitrogens is 1. The van der Waals surface area contributed by atoms with Crippen LogP contribution in [0.2, 0.25) is 0 Å². The first-order chi connectivity index (χ1) is 8.86. The molecule has 1 aliphatic heterocycles. The van der Waals surface area contributed by atoms with E-state index in [0.717, 1.165) is 6.07 Å². The van der Waals surface area contributed by atoms with Gasteiger partial charge in [0.1, 0.15) is 11.5 Å². The minimum absolute atomic E-state index is 0.0393. The highest BCUT2D eigenvalue weighted by Crippen LogP contribution is 2.28. The molecule has 1 aromatic heterocycles. The van der Waals surface area contributed by atoms with E-state index in [0.29, 0.717) is 12.8 Å². The van der Waals surface area contributed by atoms with Gasteiger partial charge >= 0.3 is 6.18 Å². The number of rotatable bonds is 2. The van der Waals surface area contributed by atoms with Gasteiger partial charge in [-0.05, 0) is 25.5 Å². The largest absolute Gasteiger partial charge is 0.433 e. The van der Waals surface area contributed by atoms with Crippen LogP contribution in [0.15, 0.2) is 18.2 Å². The molecule has 2 heterocycles. The molecule has 2 atom stereocenters. The van der Waals surface area contributed by atoms with E-state index in [4.69, 9.17) is 0 Å². The quantitative estimate of drug-likeness (QED) is 0.868. The molecule has 1 fully saturated rings. The highest BCUT2D eigenvalue weighted by atomic mass is 19.4. The number of anilines is 1. The summed E-state index contributed by atoms with van der Waals surface area (Å²) in [5.41, 5.74) is -0.926. The molecule has 0 bridgehead atoms. The average Bonchev–Trinajstić information content (AvgIpc) is 2.32. The molecule has 1 amide bonds. The van der Waals surface area contributed by atoms with Crippen LogP contribution in [-0.2, 0) is 11.0 Å². The Balaban J connectivity index is 2.09. The third-order valence-electron chi connectivity index (χ3n) is 3.05. The topological polar surface area (TPSA) is 54.0 Å². The first-order valence-electron chi connectivity index (χ1n) is 5.96. The van der Waals surface area contributed by atoms with Gasteiger partial charge in [-0.2, -0.15) is 13.2 Å². The first-order valence-corrected chi connectivity index (χ1v) is 5.96. The maximum atomic E-state index is 12.5. The fourth-order valence-corrected chi connectivity index (χ4v) is 2.02. The molecule has 1 aliphatic rings. The highest BCUT2D eigenvalue weighted by Gasteiger charge is 2.33. The summed E-state index contributed by atoms with van der Waals surface area (Å²) in [6, 6.07) is 3.46. The molecule has 0 aliphatic carbocycles. The number of hydrogen-bond donors (Lipinski definition) is 2. The van der Waals surface area contributed by atoms with E-state index in [1.807, 2.05) is 6.92 Å². The molecule has 19 heavy (non-hydrogen) atoms. The van der Waals surface area contributed by atoms with E-state index in [-0.39, 0.29) is 23.8 Å². The van der Waals surface area contributed by atoms with E-state index in [1.54, 1.807) is 0 Å². The number of carbonyl (C=O) groups excluding carboxylic acids is 1. The number of carbonyl (C=O) groups is 1. The lowest BCUT2D eigenvalue weighted by Crippen LogP contribution is -2.49. The molecule has 0 aromatic carbocycles. The van der Waals surface area contributed by atoms with Crippen LogP contribution in [0.3, 0.4) is 0 Å². The summed E-state index contributed by atoms with van der Waals surface area (Å²) in [5, 5.41) is 5.68. The van der Waals surface area contributed by atoms with Crippen molar-refractivity contribution in [3.63, 3.8) is 0 Å². The minimum atomic E-state index is -4.45. The van der Waals surface area contributed by atoms with Gasteiger partial charge in [-0.25, -0.2) is 4.98 Å². The van der Waals surface area contributed by atoms with Gasteiger partial charge in [0.2, 0.25) is 5.91 Å². The summed E-state index contributed by atoms with van der Waals surface area (Å²) in [6.07, 6.45) is -3.52. The lowest BCUT2D eigenvalue weighted by molar-refractivity contribution is -0.141. The Kier molecular flexibility index (Phi) is 3.64. The van der Waals surface area contributed by atoms with Crippen molar-refractivity contribution in [3.8, 4) is 0 Å². The molecule has 0 spiro atoms. The molecule has 4 nitrogen and oxygen atoms in total. The van der Waals surface area contributed by atoms with Gasteiger partial charge in [0.15, 0.2) is 0 Å². The highest BCUT2D eigenvalue weighted by molar-refractivity contribution is 5.77. The minimum Gasteiger partial charge on any atom is -0.365 e. The molecule has 0 radical (unpaired) electrons. The number of pyridine rings is 1. The van der Waals surface area contributed by atoms with Crippen LogP contribution in [0.25, 0.3) is 0 Å². The number of alkyl halides is 3. The Morgan fingerprint density at radius 2 is 2.16 bits per heavy atom. The third-order valence-corrected chi connectivity index (χ3v) is 3.05. The lowest BCUT2D eigenvalue weighted by Gasteiger charge is -2.30. The van der Waals surface area contributed by atoms with Crippen molar-refractivity contribution in [1.82, 2.24) is 10.3 Å². The van der Waals surface area contributed by atoms with Crippen molar-refractivity contribution in [3.05, 3.63) is 23.9 Å². The molecule has 2 rings (SSSR count). The van der Waals surface area contributed by atoms with Gasteiger partial charge in [0, 0.05) is 18.5 Å². The zero-order valence-corrected chi connectivity index (χ0v) is 10.3. The second-order valence-corrected chi connectivity index (χ2v) is 4.55. The van der Waals surface area contributed by atoms with Crippen molar-refractivity contribution >= 4 is 11.7 Å². The summed E-state index contributed by atoms with van der Waals surface area (Å²) >= 11 is 0.